The summed E-state index contributed by atoms with van der Waals surface area (Å²) in [6, 6.07) is 1.71. The number of carboxylic acid groups (broad SMARTS) is 1. The molecule has 1 N–H and O–H groups in total. The first-order chi connectivity index (χ1) is 8.16. The first-order valence-electron chi connectivity index (χ1n) is 5.24. The van der Waals surface area contributed by atoms with Crippen LogP contribution in [0.15, 0.2) is 12.1 Å². The molecule has 0 spiro atoms. The lowest BCUT2D eigenvalue weighted by Gasteiger charge is -2.31. The van der Waals surface area contributed by atoms with Crippen molar-refractivity contribution < 1.29 is 23.1 Å². The lowest BCUT2D eigenvalue weighted by Crippen LogP contribution is -2.47. The number of halogens is 3. The second kappa shape index (κ2) is 4.97. The summed E-state index contributed by atoms with van der Waals surface area (Å²) in [7, 11) is 1.51. The number of benzene rings is 1. The molecule has 0 aromatic heterocycles. The molecular formula is C12H14F3NO2. The van der Waals surface area contributed by atoms with E-state index in [1.54, 1.807) is 0 Å². The zero-order chi connectivity index (χ0) is 14.1. The molecule has 0 atom stereocenters. The normalized spacial score (nSPS) is 11.9. The Hall–Kier alpha value is -1.56. The zero-order valence-electron chi connectivity index (χ0n) is 10.3. The highest BCUT2D eigenvalue weighted by Crippen LogP contribution is 2.19. The molecular weight excluding hydrogens is 247 g/mol. The van der Waals surface area contributed by atoms with Crippen LogP contribution in [0, 0.1) is 17.5 Å². The molecule has 3 nitrogen and oxygen atoms in total. The molecule has 0 aliphatic rings. The van der Waals surface area contributed by atoms with E-state index in [4.69, 9.17) is 5.11 Å². The van der Waals surface area contributed by atoms with Gasteiger partial charge in [-0.1, -0.05) is 0 Å². The van der Waals surface area contributed by atoms with Gasteiger partial charge in [-0.3, -0.25) is 9.69 Å². The van der Waals surface area contributed by atoms with Gasteiger partial charge in [-0.25, -0.2) is 13.2 Å². The van der Waals surface area contributed by atoms with E-state index >= 15 is 0 Å². The van der Waals surface area contributed by atoms with Gasteiger partial charge < -0.3 is 5.11 Å². The van der Waals surface area contributed by atoms with Gasteiger partial charge >= 0.3 is 5.97 Å². The molecule has 1 aromatic carbocycles. The summed E-state index contributed by atoms with van der Waals surface area (Å²) in [6.45, 7) is 2.92. The van der Waals surface area contributed by atoms with Gasteiger partial charge in [0.15, 0.2) is 17.5 Å². The predicted octanol–water partition coefficient (Wildman–Crippen LogP) is 2.40. The van der Waals surface area contributed by atoms with Crippen LogP contribution < -0.4 is 0 Å². The van der Waals surface area contributed by atoms with E-state index in [1.807, 2.05) is 0 Å². The van der Waals surface area contributed by atoms with Crippen LogP contribution in [-0.4, -0.2) is 28.6 Å². The molecule has 100 valence electrons. The van der Waals surface area contributed by atoms with Gasteiger partial charge in [0.1, 0.15) is 5.54 Å². The summed E-state index contributed by atoms with van der Waals surface area (Å²) in [5, 5.41) is 8.99. The Bertz CT molecular complexity index is 451. The summed E-state index contributed by atoms with van der Waals surface area (Å²) in [6.07, 6.45) is 0. The lowest BCUT2D eigenvalue weighted by atomic mass is 10.0. The SMILES string of the molecule is CN(Cc1cc(F)c(F)c(F)c1)C(C)(C)C(=O)O. The Balaban J connectivity index is 2.96. The molecule has 0 fully saturated rings. The van der Waals surface area contributed by atoms with Crippen LogP contribution in [0.25, 0.3) is 0 Å². The summed E-state index contributed by atoms with van der Waals surface area (Å²) in [4.78, 5) is 12.4. The average molecular weight is 261 g/mol. The van der Waals surface area contributed by atoms with Gasteiger partial charge in [0.25, 0.3) is 0 Å². The summed E-state index contributed by atoms with van der Waals surface area (Å²) >= 11 is 0. The molecule has 0 aliphatic heterocycles. The number of rotatable bonds is 4. The maximum Gasteiger partial charge on any atom is 0.323 e. The maximum atomic E-state index is 13.0. The number of nitrogens with zero attached hydrogens (tertiary/aromatic N) is 1. The number of likely N-dealkylation sites (N-methyl/N-ethyl adjacent to an activating group) is 1. The predicted molar refractivity (Wildman–Crippen MR) is 59.5 cm³/mol. The molecule has 0 bridgehead atoms. The minimum atomic E-state index is -1.53. The Morgan fingerprint density at radius 1 is 1.28 bits per heavy atom. The van der Waals surface area contributed by atoms with E-state index in [-0.39, 0.29) is 12.1 Å². The number of hydrogen-bond donors (Lipinski definition) is 1. The molecule has 0 radical (unpaired) electrons. The third kappa shape index (κ3) is 2.81. The molecule has 0 heterocycles. The lowest BCUT2D eigenvalue weighted by molar-refractivity contribution is -0.148. The minimum absolute atomic E-state index is 0.00653. The highest BCUT2D eigenvalue weighted by atomic mass is 19.2. The molecule has 1 aromatic rings. The van der Waals surface area contributed by atoms with E-state index in [9.17, 15) is 18.0 Å². The third-order valence-electron chi connectivity index (χ3n) is 2.94. The summed E-state index contributed by atoms with van der Waals surface area (Å²) in [5.74, 6) is -5.16. The third-order valence-corrected chi connectivity index (χ3v) is 2.94. The largest absolute Gasteiger partial charge is 0.480 e. The fourth-order valence-electron chi connectivity index (χ4n) is 1.33. The molecule has 0 saturated carbocycles. The van der Waals surface area contributed by atoms with Gasteiger partial charge in [-0.05, 0) is 38.6 Å². The van der Waals surface area contributed by atoms with Crippen LogP contribution in [-0.2, 0) is 11.3 Å². The fourth-order valence-corrected chi connectivity index (χ4v) is 1.33. The number of hydrogen-bond acceptors (Lipinski definition) is 2. The van der Waals surface area contributed by atoms with Crippen molar-refractivity contribution in [1.82, 2.24) is 4.90 Å². The molecule has 1 rings (SSSR count). The molecule has 0 saturated heterocycles. The summed E-state index contributed by atoms with van der Waals surface area (Å²) in [5.41, 5.74) is -1.02. The topological polar surface area (TPSA) is 40.5 Å². The first kappa shape index (κ1) is 14.5. The second-order valence-electron chi connectivity index (χ2n) is 4.59. The van der Waals surface area contributed by atoms with E-state index in [0.29, 0.717) is 0 Å². The van der Waals surface area contributed by atoms with Crippen molar-refractivity contribution in [3.8, 4) is 0 Å². The zero-order valence-corrected chi connectivity index (χ0v) is 10.3. The highest BCUT2D eigenvalue weighted by Gasteiger charge is 2.32. The van der Waals surface area contributed by atoms with E-state index in [1.165, 1.54) is 25.8 Å². The van der Waals surface area contributed by atoms with Crippen molar-refractivity contribution in [2.45, 2.75) is 25.9 Å². The van der Waals surface area contributed by atoms with Crippen LogP contribution in [0.1, 0.15) is 19.4 Å². The Morgan fingerprint density at radius 3 is 2.11 bits per heavy atom. The molecule has 0 unspecified atom stereocenters. The molecule has 6 heteroatoms. The molecule has 0 amide bonds. The first-order valence-corrected chi connectivity index (χ1v) is 5.24. The van der Waals surface area contributed by atoms with Crippen molar-refractivity contribution in [3.63, 3.8) is 0 Å². The van der Waals surface area contributed by atoms with Crippen molar-refractivity contribution in [3.05, 3.63) is 35.1 Å². The number of carboxylic acids is 1. The van der Waals surface area contributed by atoms with Crippen molar-refractivity contribution >= 4 is 5.97 Å². The molecule has 18 heavy (non-hydrogen) atoms. The number of aliphatic carboxylic acids is 1. The number of carbonyl (C=O) groups is 1. The minimum Gasteiger partial charge on any atom is -0.480 e. The van der Waals surface area contributed by atoms with Crippen molar-refractivity contribution in [2.24, 2.45) is 0 Å². The van der Waals surface area contributed by atoms with Crippen LogP contribution in [0.2, 0.25) is 0 Å². The maximum absolute atomic E-state index is 13.0. The fraction of sp³-hybridized carbons (Fsp3) is 0.417. The highest BCUT2D eigenvalue weighted by molar-refractivity contribution is 5.77. The van der Waals surface area contributed by atoms with Crippen LogP contribution in [0.3, 0.4) is 0 Å². The summed E-state index contributed by atoms with van der Waals surface area (Å²) < 4.78 is 38.7. The van der Waals surface area contributed by atoms with Gasteiger partial charge in [0.05, 0.1) is 0 Å². The average Bonchev–Trinajstić information content (AvgIpc) is 2.25. The van der Waals surface area contributed by atoms with Gasteiger partial charge in [0, 0.05) is 6.54 Å². The van der Waals surface area contributed by atoms with E-state index in [2.05, 4.69) is 0 Å². The van der Waals surface area contributed by atoms with Crippen LogP contribution in [0.4, 0.5) is 13.2 Å². The van der Waals surface area contributed by atoms with Crippen molar-refractivity contribution in [1.29, 1.82) is 0 Å². The quantitative estimate of drug-likeness (QED) is 0.846. The Morgan fingerprint density at radius 2 is 1.72 bits per heavy atom. The Kier molecular flexibility index (Phi) is 4.01. The van der Waals surface area contributed by atoms with Crippen molar-refractivity contribution in [2.75, 3.05) is 7.05 Å². The molecule has 0 aliphatic carbocycles. The van der Waals surface area contributed by atoms with Crippen LogP contribution >= 0.6 is 0 Å². The van der Waals surface area contributed by atoms with Gasteiger partial charge in [-0.15, -0.1) is 0 Å². The smallest absolute Gasteiger partial charge is 0.323 e. The van der Waals surface area contributed by atoms with Crippen LogP contribution in [0.5, 0.6) is 0 Å². The van der Waals surface area contributed by atoms with Gasteiger partial charge in [0.2, 0.25) is 0 Å². The van der Waals surface area contributed by atoms with E-state index in [0.717, 1.165) is 12.1 Å². The second-order valence-corrected chi connectivity index (χ2v) is 4.59. The Labute approximate surface area is 103 Å². The standard InChI is InChI=1S/C12H14F3NO2/c1-12(2,11(17)18)16(3)6-7-4-8(13)10(15)9(14)5-7/h4-5H,6H2,1-3H3,(H,17,18). The van der Waals surface area contributed by atoms with E-state index < -0.39 is 29.0 Å². The van der Waals surface area contributed by atoms with Gasteiger partial charge in [-0.2, -0.15) is 0 Å². The monoisotopic (exact) mass is 261 g/mol.